The summed E-state index contributed by atoms with van der Waals surface area (Å²) in [5.41, 5.74) is 2.93. The fourth-order valence-electron chi connectivity index (χ4n) is 2.82. The number of aryl methyl sites for hydroxylation is 3. The molecule has 1 unspecified atom stereocenters. The Kier molecular flexibility index (Phi) is 4.38. The maximum Gasteiger partial charge on any atom is 0.319 e. The number of nitrogens with zero attached hydrogens (tertiary/aromatic N) is 2. The number of pyridine rings is 1. The summed E-state index contributed by atoms with van der Waals surface area (Å²) >= 11 is 1.79. The third kappa shape index (κ3) is 3.27. The van der Waals surface area contributed by atoms with Gasteiger partial charge in [-0.25, -0.2) is 9.78 Å². The number of carbonyl (C=O) groups is 1. The Morgan fingerprint density at radius 1 is 1.45 bits per heavy atom. The summed E-state index contributed by atoms with van der Waals surface area (Å²) in [6, 6.07) is 1.63. The first kappa shape index (κ1) is 15.0. The molecule has 1 aliphatic rings. The molecule has 2 aromatic rings. The number of carbonyl (C=O) groups excluding carboxylic acids is 1. The molecule has 1 aliphatic carbocycles. The lowest BCUT2D eigenvalue weighted by Crippen LogP contribution is -2.33. The van der Waals surface area contributed by atoms with E-state index in [1.54, 1.807) is 29.8 Å². The number of nitrogens with one attached hydrogen (secondary N) is 2. The molecule has 3 rings (SSSR count). The summed E-state index contributed by atoms with van der Waals surface area (Å²) in [4.78, 5) is 22.1. The van der Waals surface area contributed by atoms with Crippen LogP contribution in [0, 0.1) is 13.8 Å². The predicted octanol–water partition coefficient (Wildman–Crippen LogP) is 3.40. The number of amides is 2. The van der Waals surface area contributed by atoms with Gasteiger partial charge in [0.15, 0.2) is 0 Å². The second kappa shape index (κ2) is 6.44. The Hall–Kier alpha value is -1.95. The molecule has 116 valence electrons. The van der Waals surface area contributed by atoms with Gasteiger partial charge in [0.05, 0.1) is 10.7 Å². The quantitative estimate of drug-likeness (QED) is 0.912. The molecular formula is C16H20N4OS. The van der Waals surface area contributed by atoms with Gasteiger partial charge in [-0.05, 0) is 44.7 Å². The molecule has 0 bridgehead atoms. The van der Waals surface area contributed by atoms with E-state index in [0.29, 0.717) is 12.5 Å². The van der Waals surface area contributed by atoms with Crippen LogP contribution in [0.3, 0.4) is 0 Å². The molecule has 0 fully saturated rings. The van der Waals surface area contributed by atoms with Gasteiger partial charge in [0.1, 0.15) is 0 Å². The lowest BCUT2D eigenvalue weighted by Gasteiger charge is -2.21. The van der Waals surface area contributed by atoms with Gasteiger partial charge >= 0.3 is 6.03 Å². The van der Waals surface area contributed by atoms with Crippen molar-refractivity contribution >= 4 is 23.1 Å². The molecule has 2 amide bonds. The highest BCUT2D eigenvalue weighted by molar-refractivity contribution is 7.11. The third-order valence-electron chi connectivity index (χ3n) is 3.96. The molecule has 0 saturated carbocycles. The van der Waals surface area contributed by atoms with Gasteiger partial charge in [0, 0.05) is 35.4 Å². The van der Waals surface area contributed by atoms with Crippen LogP contribution < -0.4 is 10.6 Å². The van der Waals surface area contributed by atoms with E-state index in [1.165, 1.54) is 17.0 Å². The highest BCUT2D eigenvalue weighted by Crippen LogP contribution is 2.34. The molecule has 2 N–H and O–H groups in total. The van der Waals surface area contributed by atoms with Crippen molar-refractivity contribution in [3.8, 4) is 0 Å². The van der Waals surface area contributed by atoms with E-state index < -0.39 is 0 Å². The summed E-state index contributed by atoms with van der Waals surface area (Å²) in [6.45, 7) is 4.60. The standard InChI is InChI=1S/C16H20N4OS/c1-10-8-17-7-6-13(10)20-16(21)18-9-12-4-3-5-14-15(12)19-11(2)22-14/h6-8,12H,3-5,9H2,1-2H3,(H2,17,18,20,21). The molecule has 2 aromatic heterocycles. The number of urea groups is 1. The predicted molar refractivity (Wildman–Crippen MR) is 88.5 cm³/mol. The minimum atomic E-state index is -0.173. The summed E-state index contributed by atoms with van der Waals surface area (Å²) in [5.74, 6) is 0.331. The minimum absolute atomic E-state index is 0.173. The Bertz CT molecular complexity index is 683. The molecule has 2 heterocycles. The minimum Gasteiger partial charge on any atom is -0.337 e. The Morgan fingerprint density at radius 3 is 3.14 bits per heavy atom. The Labute approximate surface area is 134 Å². The summed E-state index contributed by atoms with van der Waals surface area (Å²) in [6.07, 6.45) is 6.80. The van der Waals surface area contributed by atoms with Gasteiger partial charge in [-0.3, -0.25) is 4.98 Å². The van der Waals surface area contributed by atoms with Crippen LogP contribution in [0.5, 0.6) is 0 Å². The SMILES string of the molecule is Cc1nc2c(s1)CCCC2CNC(=O)Nc1ccncc1C. The zero-order chi connectivity index (χ0) is 15.5. The molecule has 0 saturated heterocycles. The van der Waals surface area contributed by atoms with Crippen molar-refractivity contribution in [2.24, 2.45) is 0 Å². The number of hydrogen-bond donors (Lipinski definition) is 2. The normalized spacial score (nSPS) is 16.9. The van der Waals surface area contributed by atoms with E-state index in [9.17, 15) is 4.79 Å². The average molecular weight is 316 g/mol. The molecule has 0 spiro atoms. The van der Waals surface area contributed by atoms with E-state index in [-0.39, 0.29) is 6.03 Å². The molecule has 1 atom stereocenters. The number of aromatic nitrogens is 2. The van der Waals surface area contributed by atoms with Crippen LogP contribution in [0.2, 0.25) is 0 Å². The molecule has 5 nitrogen and oxygen atoms in total. The molecule has 6 heteroatoms. The Morgan fingerprint density at radius 2 is 2.32 bits per heavy atom. The van der Waals surface area contributed by atoms with Gasteiger partial charge in [-0.2, -0.15) is 0 Å². The van der Waals surface area contributed by atoms with Gasteiger partial charge in [-0.1, -0.05) is 0 Å². The first-order chi connectivity index (χ1) is 10.6. The number of fused-ring (bicyclic) bond motifs is 1. The van der Waals surface area contributed by atoms with Crippen LogP contribution in [0.4, 0.5) is 10.5 Å². The van der Waals surface area contributed by atoms with Gasteiger partial charge in [0.25, 0.3) is 0 Å². The van der Waals surface area contributed by atoms with Crippen LogP contribution in [0.25, 0.3) is 0 Å². The van der Waals surface area contributed by atoms with Crippen LogP contribution in [0.15, 0.2) is 18.5 Å². The number of anilines is 1. The average Bonchev–Trinajstić information content (AvgIpc) is 2.88. The van der Waals surface area contributed by atoms with Gasteiger partial charge < -0.3 is 10.6 Å². The summed E-state index contributed by atoms with van der Waals surface area (Å²) < 4.78 is 0. The fraction of sp³-hybridized carbons (Fsp3) is 0.438. The van der Waals surface area contributed by atoms with Crippen molar-refractivity contribution in [2.75, 3.05) is 11.9 Å². The van der Waals surface area contributed by atoms with Gasteiger partial charge in [-0.15, -0.1) is 11.3 Å². The molecular weight excluding hydrogens is 296 g/mol. The topological polar surface area (TPSA) is 66.9 Å². The largest absolute Gasteiger partial charge is 0.337 e. The lowest BCUT2D eigenvalue weighted by molar-refractivity contribution is 0.251. The number of hydrogen-bond acceptors (Lipinski definition) is 4. The van der Waals surface area contributed by atoms with E-state index in [0.717, 1.165) is 29.1 Å². The maximum atomic E-state index is 12.1. The van der Waals surface area contributed by atoms with Crippen molar-refractivity contribution in [1.29, 1.82) is 0 Å². The fourth-order valence-corrected chi connectivity index (χ4v) is 3.89. The van der Waals surface area contributed by atoms with Crippen molar-refractivity contribution in [3.63, 3.8) is 0 Å². The molecule has 0 radical (unpaired) electrons. The van der Waals surface area contributed by atoms with Crippen molar-refractivity contribution in [1.82, 2.24) is 15.3 Å². The summed E-state index contributed by atoms with van der Waals surface area (Å²) in [5, 5.41) is 6.96. The maximum absolute atomic E-state index is 12.1. The third-order valence-corrected chi connectivity index (χ3v) is 5.00. The van der Waals surface area contributed by atoms with Crippen LogP contribution >= 0.6 is 11.3 Å². The van der Waals surface area contributed by atoms with Gasteiger partial charge in [0.2, 0.25) is 0 Å². The second-order valence-electron chi connectivity index (χ2n) is 5.66. The van der Waals surface area contributed by atoms with Crippen molar-refractivity contribution in [2.45, 2.75) is 39.0 Å². The van der Waals surface area contributed by atoms with E-state index in [1.807, 2.05) is 13.8 Å². The highest BCUT2D eigenvalue weighted by atomic mass is 32.1. The second-order valence-corrected chi connectivity index (χ2v) is 6.94. The molecule has 0 aliphatic heterocycles. The lowest BCUT2D eigenvalue weighted by atomic mass is 9.91. The highest BCUT2D eigenvalue weighted by Gasteiger charge is 2.24. The van der Waals surface area contributed by atoms with Crippen molar-refractivity contribution < 1.29 is 4.79 Å². The van der Waals surface area contributed by atoms with E-state index in [4.69, 9.17) is 0 Å². The number of rotatable bonds is 3. The zero-order valence-electron chi connectivity index (χ0n) is 12.8. The van der Waals surface area contributed by atoms with Crippen molar-refractivity contribution in [3.05, 3.63) is 39.6 Å². The first-order valence-corrected chi connectivity index (χ1v) is 8.37. The smallest absolute Gasteiger partial charge is 0.319 e. The number of thiazole rings is 1. The van der Waals surface area contributed by atoms with Crippen LogP contribution in [-0.4, -0.2) is 22.5 Å². The zero-order valence-corrected chi connectivity index (χ0v) is 13.7. The first-order valence-electron chi connectivity index (χ1n) is 7.55. The molecule has 0 aromatic carbocycles. The Balaban J connectivity index is 1.59. The summed E-state index contributed by atoms with van der Waals surface area (Å²) in [7, 11) is 0. The van der Waals surface area contributed by atoms with Crippen LogP contribution in [-0.2, 0) is 6.42 Å². The molecule has 22 heavy (non-hydrogen) atoms. The van der Waals surface area contributed by atoms with E-state index in [2.05, 4.69) is 20.6 Å². The van der Waals surface area contributed by atoms with Crippen LogP contribution in [0.1, 0.15) is 39.9 Å². The van der Waals surface area contributed by atoms with E-state index >= 15 is 0 Å². The monoisotopic (exact) mass is 316 g/mol.